The Morgan fingerprint density at radius 3 is 2.61 bits per heavy atom. The molecule has 3 aliphatic heterocycles. The van der Waals surface area contributed by atoms with E-state index < -0.39 is 47.0 Å². The van der Waals surface area contributed by atoms with E-state index in [2.05, 4.69) is 10.6 Å². The number of primary amides is 1. The molecular formula is C24H24N4O5. The maximum Gasteiger partial charge on any atom is 0.250 e. The number of likely N-dealkylation sites (tertiary alicyclic amines) is 1. The Kier molecular flexibility index (Phi) is 4.75. The Bertz CT molecular complexity index is 1210. The number of hydrogen-bond acceptors (Lipinski definition) is 6. The van der Waals surface area contributed by atoms with Gasteiger partial charge in [0.2, 0.25) is 23.6 Å². The fourth-order valence-electron chi connectivity index (χ4n) is 5.59. The number of methoxy groups -OCH3 is 1. The van der Waals surface area contributed by atoms with Crippen LogP contribution in [0.5, 0.6) is 5.75 Å². The van der Waals surface area contributed by atoms with Crippen molar-refractivity contribution in [3.63, 3.8) is 0 Å². The van der Waals surface area contributed by atoms with Crippen LogP contribution in [0.1, 0.15) is 23.1 Å². The van der Waals surface area contributed by atoms with Crippen LogP contribution in [0.3, 0.4) is 0 Å². The predicted molar refractivity (Wildman–Crippen MR) is 118 cm³/mol. The second-order valence-corrected chi connectivity index (χ2v) is 8.76. The van der Waals surface area contributed by atoms with Gasteiger partial charge in [0.25, 0.3) is 0 Å². The van der Waals surface area contributed by atoms with Gasteiger partial charge in [-0.3, -0.25) is 29.4 Å². The number of benzene rings is 2. The summed E-state index contributed by atoms with van der Waals surface area (Å²) in [6.45, 7) is 1.87. The zero-order chi connectivity index (χ0) is 23.5. The summed E-state index contributed by atoms with van der Waals surface area (Å²) in [7, 11) is 1.52. The van der Waals surface area contributed by atoms with Crippen LogP contribution < -0.4 is 21.1 Å². The van der Waals surface area contributed by atoms with Gasteiger partial charge in [-0.05, 0) is 18.6 Å². The summed E-state index contributed by atoms with van der Waals surface area (Å²) in [5.41, 5.74) is 6.76. The van der Waals surface area contributed by atoms with E-state index in [0.717, 1.165) is 5.56 Å². The van der Waals surface area contributed by atoms with Gasteiger partial charge in [0.15, 0.2) is 0 Å². The van der Waals surface area contributed by atoms with E-state index >= 15 is 0 Å². The van der Waals surface area contributed by atoms with Crippen LogP contribution in [0.15, 0.2) is 42.5 Å². The van der Waals surface area contributed by atoms with E-state index in [1.54, 1.807) is 30.3 Å². The van der Waals surface area contributed by atoms with Gasteiger partial charge >= 0.3 is 0 Å². The van der Waals surface area contributed by atoms with Crippen LogP contribution in [-0.2, 0) is 31.3 Å². The summed E-state index contributed by atoms with van der Waals surface area (Å²) in [5.74, 6) is -3.25. The number of anilines is 1. The van der Waals surface area contributed by atoms with Crippen molar-refractivity contribution in [2.45, 2.75) is 31.5 Å². The van der Waals surface area contributed by atoms with Crippen LogP contribution in [0, 0.1) is 18.8 Å². The first-order chi connectivity index (χ1) is 15.8. The third kappa shape index (κ3) is 2.88. The lowest BCUT2D eigenvalue weighted by atomic mass is 9.76. The molecule has 9 nitrogen and oxygen atoms in total. The highest BCUT2D eigenvalue weighted by atomic mass is 16.5. The van der Waals surface area contributed by atoms with E-state index in [4.69, 9.17) is 10.5 Å². The highest BCUT2D eigenvalue weighted by Gasteiger charge is 2.70. The van der Waals surface area contributed by atoms with Crippen molar-refractivity contribution in [2.75, 3.05) is 12.4 Å². The van der Waals surface area contributed by atoms with Crippen LogP contribution in [0.2, 0.25) is 0 Å². The maximum absolute atomic E-state index is 13.8. The molecule has 33 heavy (non-hydrogen) atoms. The number of amides is 4. The van der Waals surface area contributed by atoms with Gasteiger partial charge < -0.3 is 15.8 Å². The predicted octanol–water partition coefficient (Wildman–Crippen LogP) is 0.800. The number of para-hydroxylation sites is 2. The molecular weight excluding hydrogens is 424 g/mol. The Hall–Kier alpha value is -3.72. The molecule has 1 spiro atoms. The molecule has 0 radical (unpaired) electrons. The van der Waals surface area contributed by atoms with Crippen molar-refractivity contribution in [2.24, 2.45) is 17.6 Å². The van der Waals surface area contributed by atoms with Crippen molar-refractivity contribution < 1.29 is 23.9 Å². The van der Waals surface area contributed by atoms with E-state index in [1.165, 1.54) is 12.0 Å². The van der Waals surface area contributed by atoms with Gasteiger partial charge in [-0.15, -0.1) is 0 Å². The molecule has 0 aromatic heterocycles. The summed E-state index contributed by atoms with van der Waals surface area (Å²) in [6, 6.07) is 11.8. The number of nitrogens with one attached hydrogen (secondary N) is 2. The summed E-state index contributed by atoms with van der Waals surface area (Å²) < 4.78 is 5.38. The number of aryl methyl sites for hydroxylation is 1. The lowest BCUT2D eigenvalue weighted by molar-refractivity contribution is -0.143. The second kappa shape index (κ2) is 7.41. The van der Waals surface area contributed by atoms with Gasteiger partial charge in [0.1, 0.15) is 11.3 Å². The number of hydrogen-bond donors (Lipinski definition) is 3. The first-order valence-corrected chi connectivity index (χ1v) is 10.7. The van der Waals surface area contributed by atoms with E-state index in [9.17, 15) is 19.2 Å². The van der Waals surface area contributed by atoms with Crippen LogP contribution >= 0.6 is 0 Å². The number of fused-ring (bicyclic) bond motifs is 4. The Balaban J connectivity index is 1.61. The maximum atomic E-state index is 13.8. The number of nitrogens with two attached hydrogens (primary N) is 1. The fourth-order valence-corrected chi connectivity index (χ4v) is 5.59. The molecule has 3 aliphatic rings. The molecule has 0 saturated carbocycles. The van der Waals surface area contributed by atoms with Crippen molar-refractivity contribution in [1.82, 2.24) is 10.2 Å². The zero-order valence-corrected chi connectivity index (χ0v) is 18.3. The molecule has 2 fully saturated rings. The minimum atomic E-state index is -1.45. The standard InChI is InChI=1S/C24H24N4O5/c1-12-6-5-8-14-20(12)26-23(32)24(14)19-18(15(27-24)10-17(25)29)21(30)28(22(19)31)11-13-7-3-4-9-16(13)33-2/h3-9,15,18-19,27H,10-11H2,1-2H3,(H2,25,29)(H,26,32)/t15-,18+,19-,24-/m0/s1. The van der Waals surface area contributed by atoms with Crippen molar-refractivity contribution >= 4 is 29.3 Å². The summed E-state index contributed by atoms with van der Waals surface area (Å²) in [4.78, 5) is 53.7. The molecule has 3 heterocycles. The van der Waals surface area contributed by atoms with Crippen molar-refractivity contribution in [3.05, 3.63) is 59.2 Å². The molecule has 0 bridgehead atoms. The topological polar surface area (TPSA) is 131 Å². The SMILES string of the molecule is COc1ccccc1CN1C(=O)[C@@H]2[C@H](CC(N)=O)N[C@]3(C(=O)Nc4c(C)cccc43)[C@@H]2C1=O. The second-order valence-electron chi connectivity index (χ2n) is 8.76. The van der Waals surface area contributed by atoms with Crippen molar-refractivity contribution in [1.29, 1.82) is 0 Å². The highest BCUT2D eigenvalue weighted by Crippen LogP contribution is 2.54. The molecule has 5 rings (SSSR count). The third-order valence-electron chi connectivity index (χ3n) is 6.99. The number of imide groups is 1. The molecule has 2 aromatic rings. The molecule has 170 valence electrons. The molecule has 0 aliphatic carbocycles. The van der Waals surface area contributed by atoms with Crippen LogP contribution in [-0.4, -0.2) is 41.7 Å². The quantitative estimate of drug-likeness (QED) is 0.580. The average Bonchev–Trinajstić information content (AvgIpc) is 3.35. The summed E-state index contributed by atoms with van der Waals surface area (Å²) in [5, 5.41) is 6.08. The Morgan fingerprint density at radius 2 is 1.88 bits per heavy atom. The Labute approximate surface area is 190 Å². The molecule has 9 heteroatoms. The molecule has 2 saturated heterocycles. The Morgan fingerprint density at radius 1 is 1.12 bits per heavy atom. The normalized spacial score (nSPS) is 27.6. The number of ether oxygens (including phenoxy) is 1. The first kappa shape index (κ1) is 21.1. The number of carbonyl (C=O) groups is 4. The van der Waals surface area contributed by atoms with Gasteiger partial charge in [-0.1, -0.05) is 36.4 Å². The lowest BCUT2D eigenvalue weighted by Crippen LogP contribution is -2.53. The number of carbonyl (C=O) groups excluding carboxylic acids is 4. The molecule has 4 N–H and O–H groups in total. The van der Waals surface area contributed by atoms with Gasteiger partial charge in [0.05, 0.1) is 25.5 Å². The molecule has 4 amide bonds. The fraction of sp³-hybridized carbons (Fsp3) is 0.333. The van der Waals surface area contributed by atoms with Gasteiger partial charge in [-0.25, -0.2) is 0 Å². The van der Waals surface area contributed by atoms with E-state index in [-0.39, 0.29) is 13.0 Å². The monoisotopic (exact) mass is 448 g/mol. The van der Waals surface area contributed by atoms with Crippen LogP contribution in [0.4, 0.5) is 5.69 Å². The minimum absolute atomic E-state index is 0.0103. The zero-order valence-electron chi connectivity index (χ0n) is 18.3. The minimum Gasteiger partial charge on any atom is -0.496 e. The summed E-state index contributed by atoms with van der Waals surface area (Å²) >= 11 is 0. The van der Waals surface area contributed by atoms with Gasteiger partial charge in [-0.2, -0.15) is 0 Å². The largest absolute Gasteiger partial charge is 0.496 e. The lowest BCUT2D eigenvalue weighted by Gasteiger charge is -2.29. The van der Waals surface area contributed by atoms with Crippen LogP contribution in [0.25, 0.3) is 0 Å². The smallest absolute Gasteiger partial charge is 0.250 e. The highest BCUT2D eigenvalue weighted by molar-refractivity contribution is 6.15. The molecule has 0 unspecified atom stereocenters. The van der Waals surface area contributed by atoms with Gasteiger partial charge in [0, 0.05) is 29.3 Å². The molecule has 2 aromatic carbocycles. The average molecular weight is 448 g/mol. The van der Waals surface area contributed by atoms with Crippen molar-refractivity contribution in [3.8, 4) is 5.75 Å². The first-order valence-electron chi connectivity index (χ1n) is 10.7. The summed E-state index contributed by atoms with van der Waals surface area (Å²) in [6.07, 6.45) is -0.168. The molecule has 4 atom stereocenters. The van der Waals surface area contributed by atoms with E-state index in [1.807, 2.05) is 19.1 Å². The third-order valence-corrected chi connectivity index (χ3v) is 6.99. The number of nitrogens with zero attached hydrogens (tertiary/aromatic N) is 1. The van der Waals surface area contributed by atoms with E-state index in [0.29, 0.717) is 22.6 Å². The number of rotatable bonds is 5.